The van der Waals surface area contributed by atoms with Gasteiger partial charge in [0, 0.05) is 0 Å². The van der Waals surface area contributed by atoms with Gasteiger partial charge in [-0.1, -0.05) is 82.2 Å². The SMILES string of the molecule is [Be+2].[O-]c1cccc2ccc3ccc[c-]c3c12.[O-]c1cccc2ccc3ccc[c-]c3c12. The molecule has 0 aliphatic carbocycles. The zero-order chi connectivity index (χ0) is 20.5. The number of rotatable bonds is 0. The van der Waals surface area contributed by atoms with Crippen LogP contribution in [0.4, 0.5) is 0 Å². The molecular formula is C28H16BeO2-2. The van der Waals surface area contributed by atoms with E-state index in [-0.39, 0.29) is 21.6 Å². The third-order valence-electron chi connectivity index (χ3n) is 5.28. The normalized spacial score (nSPS) is 10.6. The summed E-state index contributed by atoms with van der Waals surface area (Å²) >= 11 is 0. The van der Waals surface area contributed by atoms with Crippen molar-refractivity contribution in [3.05, 3.63) is 109 Å². The van der Waals surface area contributed by atoms with Gasteiger partial charge >= 0.3 is 10.1 Å². The molecule has 0 fully saturated rings. The molecule has 0 saturated heterocycles. The van der Waals surface area contributed by atoms with Crippen molar-refractivity contribution in [2.75, 3.05) is 0 Å². The van der Waals surface area contributed by atoms with E-state index in [1.54, 1.807) is 24.3 Å². The maximum Gasteiger partial charge on any atom is 2.00 e. The Hall–Kier alpha value is -3.87. The van der Waals surface area contributed by atoms with Crippen LogP contribution in [0.1, 0.15) is 0 Å². The first-order valence-corrected chi connectivity index (χ1v) is 9.71. The standard InChI is InChI=1S/2C14H9O.Be/c2*15-13-7-3-5-11-9-8-10-4-1-2-6-12(10)14(11)13;/h2*1-5,7-9,15H;/q2*-1;+2/p-2. The zero-order valence-electron chi connectivity index (χ0n) is 16.8. The fourth-order valence-corrected chi connectivity index (χ4v) is 3.88. The van der Waals surface area contributed by atoms with Gasteiger partial charge in [-0.3, -0.25) is 0 Å². The van der Waals surface area contributed by atoms with Crippen LogP contribution in [0.3, 0.4) is 0 Å². The van der Waals surface area contributed by atoms with E-state index in [0.29, 0.717) is 0 Å². The van der Waals surface area contributed by atoms with Crippen molar-refractivity contribution in [2.24, 2.45) is 0 Å². The molecule has 0 saturated carbocycles. The minimum absolute atomic E-state index is 0. The quantitative estimate of drug-likeness (QED) is 0.198. The molecule has 0 heterocycles. The van der Waals surface area contributed by atoms with Crippen LogP contribution < -0.4 is 10.2 Å². The molecule has 0 unspecified atom stereocenters. The van der Waals surface area contributed by atoms with Crippen LogP contribution in [-0.2, 0) is 0 Å². The summed E-state index contributed by atoms with van der Waals surface area (Å²) < 4.78 is 0. The van der Waals surface area contributed by atoms with Gasteiger partial charge in [-0.2, -0.15) is 0 Å². The van der Waals surface area contributed by atoms with Gasteiger partial charge in [0.1, 0.15) is 0 Å². The molecule has 6 rings (SSSR count). The summed E-state index contributed by atoms with van der Waals surface area (Å²) in [5.74, 6) is 0.140. The Labute approximate surface area is 184 Å². The molecule has 2 nitrogen and oxygen atoms in total. The van der Waals surface area contributed by atoms with Crippen LogP contribution in [-0.4, -0.2) is 10.1 Å². The fraction of sp³-hybridized carbons (Fsp3) is 0. The monoisotopic (exact) mass is 393 g/mol. The average Bonchev–Trinajstić information content (AvgIpc) is 2.79. The van der Waals surface area contributed by atoms with E-state index in [4.69, 9.17) is 0 Å². The predicted octanol–water partition coefficient (Wildman–Crippen LogP) is 5.35. The summed E-state index contributed by atoms with van der Waals surface area (Å²) in [4.78, 5) is 0. The maximum absolute atomic E-state index is 11.8. The molecule has 0 aliphatic heterocycles. The Kier molecular flexibility index (Phi) is 5.58. The molecule has 0 aliphatic rings. The second-order valence-electron chi connectivity index (χ2n) is 7.11. The van der Waals surface area contributed by atoms with E-state index >= 15 is 0 Å². The van der Waals surface area contributed by atoms with Crippen LogP contribution >= 0.6 is 0 Å². The van der Waals surface area contributed by atoms with Gasteiger partial charge < -0.3 is 10.2 Å². The first kappa shape index (κ1) is 20.4. The smallest absolute Gasteiger partial charge is 0.879 e. The van der Waals surface area contributed by atoms with Crippen LogP contribution in [0.15, 0.2) is 97.1 Å². The van der Waals surface area contributed by atoms with E-state index in [9.17, 15) is 10.2 Å². The van der Waals surface area contributed by atoms with Crippen molar-refractivity contribution >= 4 is 53.2 Å². The molecule has 0 radical (unpaired) electrons. The average molecular weight is 393 g/mol. The maximum atomic E-state index is 11.8. The Morgan fingerprint density at radius 3 is 1.29 bits per heavy atom. The Morgan fingerprint density at radius 1 is 0.452 bits per heavy atom. The number of benzene rings is 6. The van der Waals surface area contributed by atoms with Crippen molar-refractivity contribution in [1.82, 2.24) is 0 Å². The minimum atomic E-state index is 0. The molecule has 0 N–H and O–H groups in total. The molecule has 31 heavy (non-hydrogen) atoms. The first-order valence-electron chi connectivity index (χ1n) is 9.71. The van der Waals surface area contributed by atoms with Gasteiger partial charge in [0.05, 0.1) is 0 Å². The Balaban J connectivity index is 0.000000144. The Morgan fingerprint density at radius 2 is 0.839 bits per heavy atom. The summed E-state index contributed by atoms with van der Waals surface area (Å²) in [6, 6.07) is 36.5. The molecule has 144 valence electrons. The third kappa shape index (κ3) is 3.70. The number of hydrogen-bond acceptors (Lipinski definition) is 2. The molecule has 6 aromatic rings. The van der Waals surface area contributed by atoms with Crippen molar-refractivity contribution in [3.8, 4) is 11.5 Å². The molecule has 0 amide bonds. The Bertz CT molecular complexity index is 1410. The molecule has 0 atom stereocenters. The van der Waals surface area contributed by atoms with E-state index in [0.717, 1.165) is 43.1 Å². The predicted molar refractivity (Wildman–Crippen MR) is 125 cm³/mol. The molecular weight excluding hydrogens is 377 g/mol. The van der Waals surface area contributed by atoms with E-state index < -0.39 is 0 Å². The van der Waals surface area contributed by atoms with Crippen LogP contribution in [0.2, 0.25) is 0 Å². The van der Waals surface area contributed by atoms with Crippen molar-refractivity contribution in [1.29, 1.82) is 0 Å². The van der Waals surface area contributed by atoms with Crippen LogP contribution in [0.25, 0.3) is 43.1 Å². The minimum Gasteiger partial charge on any atom is -0.879 e. The molecule has 3 heteroatoms. The molecule has 6 aromatic carbocycles. The molecule has 0 spiro atoms. The summed E-state index contributed by atoms with van der Waals surface area (Å²) in [5.41, 5.74) is 0. The molecule has 0 bridgehead atoms. The second kappa shape index (κ2) is 8.47. The van der Waals surface area contributed by atoms with Crippen LogP contribution in [0, 0.1) is 12.1 Å². The van der Waals surface area contributed by atoms with Gasteiger partial charge in [0.2, 0.25) is 0 Å². The summed E-state index contributed by atoms with van der Waals surface area (Å²) in [7, 11) is 0. The van der Waals surface area contributed by atoms with Gasteiger partial charge in [-0.05, 0) is 0 Å². The van der Waals surface area contributed by atoms with E-state index in [1.807, 2.05) is 72.8 Å². The van der Waals surface area contributed by atoms with E-state index in [1.165, 1.54) is 0 Å². The molecule has 0 aromatic heterocycles. The van der Waals surface area contributed by atoms with Gasteiger partial charge in [0.25, 0.3) is 0 Å². The van der Waals surface area contributed by atoms with Crippen molar-refractivity contribution in [2.45, 2.75) is 0 Å². The van der Waals surface area contributed by atoms with Crippen LogP contribution in [0.5, 0.6) is 11.5 Å². The van der Waals surface area contributed by atoms with Gasteiger partial charge in [-0.25, -0.2) is 0 Å². The zero-order valence-corrected chi connectivity index (χ0v) is 16.8. The first-order chi connectivity index (χ1) is 14.7. The third-order valence-corrected chi connectivity index (χ3v) is 5.28. The van der Waals surface area contributed by atoms with Crippen molar-refractivity contribution in [3.63, 3.8) is 0 Å². The number of fused-ring (bicyclic) bond motifs is 6. The summed E-state index contributed by atoms with van der Waals surface area (Å²) in [6.45, 7) is 0. The largest absolute Gasteiger partial charge is 2.00 e. The summed E-state index contributed by atoms with van der Waals surface area (Å²) in [6.07, 6.45) is 0. The topological polar surface area (TPSA) is 46.1 Å². The second-order valence-corrected chi connectivity index (χ2v) is 7.11. The number of hydrogen-bond donors (Lipinski definition) is 0. The summed E-state index contributed by atoms with van der Waals surface area (Å²) in [5, 5.41) is 31.0. The fourth-order valence-electron chi connectivity index (χ4n) is 3.88. The van der Waals surface area contributed by atoms with Gasteiger partial charge in [0.15, 0.2) is 0 Å². The van der Waals surface area contributed by atoms with Crippen molar-refractivity contribution < 1.29 is 10.2 Å². The van der Waals surface area contributed by atoms with Gasteiger partial charge in [-0.15, -0.1) is 81.6 Å². The van der Waals surface area contributed by atoms with E-state index in [2.05, 4.69) is 12.1 Å².